The number of nitrogens with zero attached hydrogens (tertiary/aromatic N) is 1. The summed E-state index contributed by atoms with van der Waals surface area (Å²) in [6, 6.07) is 17.0. The molecular weight excluding hydrogens is 232 g/mol. The second kappa shape index (κ2) is 6.39. The predicted molar refractivity (Wildman–Crippen MR) is 83.1 cm³/mol. The molecule has 0 aliphatic carbocycles. The Kier molecular flexibility index (Phi) is 4.58. The summed E-state index contributed by atoms with van der Waals surface area (Å²) in [5, 5.41) is 0. The van der Waals surface area contributed by atoms with Crippen molar-refractivity contribution in [2.45, 2.75) is 20.3 Å². The highest BCUT2D eigenvalue weighted by atomic mass is 15.1. The Labute approximate surface area is 115 Å². The van der Waals surface area contributed by atoms with E-state index in [2.05, 4.69) is 67.3 Å². The lowest BCUT2D eigenvalue weighted by molar-refractivity contribution is 0.940. The smallest absolute Gasteiger partial charge is 0.0443 e. The molecule has 2 heteroatoms. The van der Waals surface area contributed by atoms with E-state index in [1.165, 1.54) is 22.5 Å². The highest BCUT2D eigenvalue weighted by molar-refractivity contribution is 5.68. The normalized spacial score (nSPS) is 10.5. The van der Waals surface area contributed by atoms with Gasteiger partial charge in [0.25, 0.3) is 0 Å². The first-order valence-electron chi connectivity index (χ1n) is 6.89. The van der Waals surface area contributed by atoms with Crippen LogP contribution in [0.1, 0.15) is 18.1 Å². The molecule has 0 aliphatic rings. The van der Waals surface area contributed by atoms with E-state index in [0.717, 1.165) is 13.0 Å². The molecule has 0 unspecified atom stereocenters. The fourth-order valence-corrected chi connectivity index (χ4v) is 2.48. The van der Waals surface area contributed by atoms with Crippen molar-refractivity contribution in [2.75, 3.05) is 18.0 Å². The number of hydrogen-bond acceptors (Lipinski definition) is 2. The highest BCUT2D eigenvalue weighted by Gasteiger charge is 2.12. The monoisotopic (exact) mass is 254 g/mol. The molecule has 0 saturated heterocycles. The third-order valence-corrected chi connectivity index (χ3v) is 3.42. The maximum atomic E-state index is 5.72. The summed E-state index contributed by atoms with van der Waals surface area (Å²) in [7, 11) is 0. The molecule has 2 aromatic carbocycles. The van der Waals surface area contributed by atoms with Crippen molar-refractivity contribution in [3.63, 3.8) is 0 Å². The van der Waals surface area contributed by atoms with E-state index in [0.29, 0.717) is 6.54 Å². The van der Waals surface area contributed by atoms with Crippen molar-refractivity contribution in [3.8, 4) is 0 Å². The summed E-state index contributed by atoms with van der Waals surface area (Å²) in [4.78, 5) is 2.36. The van der Waals surface area contributed by atoms with Crippen molar-refractivity contribution in [3.05, 3.63) is 59.7 Å². The summed E-state index contributed by atoms with van der Waals surface area (Å²) in [5.74, 6) is 0. The van der Waals surface area contributed by atoms with Crippen LogP contribution < -0.4 is 10.6 Å². The van der Waals surface area contributed by atoms with Crippen LogP contribution in [-0.2, 0) is 6.42 Å². The van der Waals surface area contributed by atoms with Crippen LogP contribution in [0.4, 0.5) is 11.4 Å². The first-order chi connectivity index (χ1) is 9.27. The number of hydrogen-bond donors (Lipinski definition) is 1. The van der Waals surface area contributed by atoms with Crippen LogP contribution in [0.5, 0.6) is 0 Å². The van der Waals surface area contributed by atoms with Gasteiger partial charge in [0.05, 0.1) is 0 Å². The average Bonchev–Trinajstić information content (AvgIpc) is 2.44. The van der Waals surface area contributed by atoms with E-state index < -0.39 is 0 Å². The maximum absolute atomic E-state index is 5.72. The molecule has 19 heavy (non-hydrogen) atoms. The van der Waals surface area contributed by atoms with E-state index in [1.807, 2.05) is 0 Å². The summed E-state index contributed by atoms with van der Waals surface area (Å²) in [5.41, 5.74) is 10.9. The zero-order valence-electron chi connectivity index (χ0n) is 11.8. The molecule has 0 spiro atoms. The van der Waals surface area contributed by atoms with Gasteiger partial charge in [0.1, 0.15) is 0 Å². The van der Waals surface area contributed by atoms with Gasteiger partial charge in [-0.15, -0.1) is 0 Å². The molecule has 0 aromatic heterocycles. The van der Waals surface area contributed by atoms with Crippen LogP contribution in [0.2, 0.25) is 0 Å². The van der Waals surface area contributed by atoms with Crippen LogP contribution in [0.25, 0.3) is 0 Å². The van der Waals surface area contributed by atoms with Crippen molar-refractivity contribution in [2.24, 2.45) is 5.73 Å². The number of anilines is 2. The lowest BCUT2D eigenvalue weighted by Crippen LogP contribution is -2.19. The average molecular weight is 254 g/mol. The first-order valence-corrected chi connectivity index (χ1v) is 6.89. The Balaban J connectivity index is 2.45. The Morgan fingerprint density at radius 1 is 0.947 bits per heavy atom. The summed E-state index contributed by atoms with van der Waals surface area (Å²) < 4.78 is 0. The molecule has 0 radical (unpaired) electrons. The fraction of sp³-hybridized carbons (Fsp3) is 0.294. The number of aryl methyl sites for hydroxylation is 1. The summed E-state index contributed by atoms with van der Waals surface area (Å²) >= 11 is 0. The van der Waals surface area contributed by atoms with Crippen molar-refractivity contribution < 1.29 is 0 Å². The highest BCUT2D eigenvalue weighted by Crippen LogP contribution is 2.30. The zero-order valence-corrected chi connectivity index (χ0v) is 11.8. The lowest BCUT2D eigenvalue weighted by atomic mass is 10.1. The lowest BCUT2D eigenvalue weighted by Gasteiger charge is -2.27. The largest absolute Gasteiger partial charge is 0.341 e. The van der Waals surface area contributed by atoms with Crippen LogP contribution >= 0.6 is 0 Å². The Morgan fingerprint density at radius 2 is 1.58 bits per heavy atom. The Bertz CT molecular complexity index is 534. The van der Waals surface area contributed by atoms with E-state index in [9.17, 15) is 0 Å². The predicted octanol–water partition coefficient (Wildman–Crippen LogP) is 3.65. The standard InChI is InChI=1S/C17H22N2/c1-3-19(16-10-6-4-8-14(16)2)17-11-7-5-9-15(17)12-13-18/h4-11H,3,12-13,18H2,1-2H3. The van der Waals surface area contributed by atoms with E-state index in [-0.39, 0.29) is 0 Å². The molecule has 0 heterocycles. The molecule has 2 aromatic rings. The van der Waals surface area contributed by atoms with Gasteiger partial charge in [-0.2, -0.15) is 0 Å². The molecule has 100 valence electrons. The van der Waals surface area contributed by atoms with Gasteiger partial charge in [-0.3, -0.25) is 0 Å². The number of rotatable bonds is 5. The second-order valence-corrected chi connectivity index (χ2v) is 4.70. The molecule has 2 nitrogen and oxygen atoms in total. The van der Waals surface area contributed by atoms with Gasteiger partial charge < -0.3 is 10.6 Å². The van der Waals surface area contributed by atoms with Gasteiger partial charge in [-0.25, -0.2) is 0 Å². The second-order valence-electron chi connectivity index (χ2n) is 4.70. The summed E-state index contributed by atoms with van der Waals surface area (Å²) in [6.45, 7) is 5.98. The number of benzene rings is 2. The molecular formula is C17H22N2. The van der Waals surface area contributed by atoms with E-state index in [4.69, 9.17) is 5.73 Å². The molecule has 0 bridgehead atoms. The van der Waals surface area contributed by atoms with Crippen LogP contribution in [-0.4, -0.2) is 13.1 Å². The van der Waals surface area contributed by atoms with Crippen LogP contribution in [0.15, 0.2) is 48.5 Å². The van der Waals surface area contributed by atoms with Crippen LogP contribution in [0, 0.1) is 6.92 Å². The van der Waals surface area contributed by atoms with E-state index in [1.54, 1.807) is 0 Å². The van der Waals surface area contributed by atoms with Gasteiger partial charge in [0.2, 0.25) is 0 Å². The number of para-hydroxylation sites is 2. The van der Waals surface area contributed by atoms with Crippen molar-refractivity contribution >= 4 is 11.4 Å². The minimum Gasteiger partial charge on any atom is -0.341 e. The molecule has 0 fully saturated rings. The topological polar surface area (TPSA) is 29.3 Å². The van der Waals surface area contributed by atoms with Crippen molar-refractivity contribution in [1.82, 2.24) is 0 Å². The molecule has 0 amide bonds. The minimum atomic E-state index is 0.683. The Morgan fingerprint density at radius 3 is 2.21 bits per heavy atom. The van der Waals surface area contributed by atoms with Crippen LogP contribution in [0.3, 0.4) is 0 Å². The van der Waals surface area contributed by atoms with Gasteiger partial charge in [-0.05, 0) is 50.1 Å². The molecule has 2 N–H and O–H groups in total. The van der Waals surface area contributed by atoms with Gasteiger partial charge in [0, 0.05) is 17.9 Å². The van der Waals surface area contributed by atoms with Gasteiger partial charge in [-0.1, -0.05) is 36.4 Å². The van der Waals surface area contributed by atoms with Gasteiger partial charge >= 0.3 is 0 Å². The third kappa shape index (κ3) is 2.96. The third-order valence-electron chi connectivity index (χ3n) is 3.42. The van der Waals surface area contributed by atoms with Crippen molar-refractivity contribution in [1.29, 1.82) is 0 Å². The van der Waals surface area contributed by atoms with Gasteiger partial charge in [0.15, 0.2) is 0 Å². The maximum Gasteiger partial charge on any atom is 0.0443 e. The Hall–Kier alpha value is -1.80. The number of nitrogens with two attached hydrogens (primary N) is 1. The molecule has 0 saturated carbocycles. The van der Waals surface area contributed by atoms with E-state index >= 15 is 0 Å². The molecule has 0 atom stereocenters. The molecule has 2 rings (SSSR count). The molecule has 0 aliphatic heterocycles. The summed E-state index contributed by atoms with van der Waals surface area (Å²) in [6.07, 6.45) is 0.915. The SMILES string of the molecule is CCN(c1ccccc1C)c1ccccc1CCN. The minimum absolute atomic E-state index is 0.683. The quantitative estimate of drug-likeness (QED) is 0.882. The zero-order chi connectivity index (χ0) is 13.7. The fourth-order valence-electron chi connectivity index (χ4n) is 2.48. The first kappa shape index (κ1) is 13.6.